The quantitative estimate of drug-likeness (QED) is 0.803. The first kappa shape index (κ1) is 14.2. The molecule has 0 radical (unpaired) electrons. The van der Waals surface area contributed by atoms with Crippen molar-refractivity contribution in [1.82, 2.24) is 20.2 Å². The van der Waals surface area contributed by atoms with Gasteiger partial charge in [0, 0.05) is 11.7 Å². The molecule has 6 heteroatoms. The van der Waals surface area contributed by atoms with Crippen LogP contribution >= 0.6 is 0 Å². The smallest absolute Gasteiger partial charge is 0.143 e. The number of nitrogens with zero attached hydrogens (tertiary/aromatic N) is 4. The van der Waals surface area contributed by atoms with Crippen LogP contribution in [0.25, 0.3) is 5.69 Å². The van der Waals surface area contributed by atoms with E-state index in [-0.39, 0.29) is 11.9 Å². The molecule has 5 nitrogen and oxygen atoms in total. The van der Waals surface area contributed by atoms with Gasteiger partial charge < -0.3 is 5.32 Å². The average molecular weight is 297 g/mol. The second-order valence-electron chi connectivity index (χ2n) is 5.17. The van der Waals surface area contributed by atoms with Gasteiger partial charge in [-0.1, -0.05) is 12.1 Å². The summed E-state index contributed by atoms with van der Waals surface area (Å²) < 4.78 is 14.8. The average Bonchev–Trinajstić information content (AvgIpc) is 3.04. The van der Waals surface area contributed by atoms with E-state index in [1.165, 1.54) is 12.1 Å². The molecule has 3 rings (SSSR count). The number of hydrogen-bond acceptors (Lipinski definition) is 4. The minimum atomic E-state index is -0.226. The number of anilines is 1. The van der Waals surface area contributed by atoms with E-state index in [1.54, 1.807) is 17.1 Å². The maximum Gasteiger partial charge on any atom is 0.143 e. The molecule has 0 bridgehead atoms. The summed E-state index contributed by atoms with van der Waals surface area (Å²) in [6.07, 6.45) is 1.56. The lowest BCUT2D eigenvalue weighted by molar-refractivity contribution is 0.626. The Bertz CT molecular complexity index is 770. The first-order valence-electron chi connectivity index (χ1n) is 6.99. The number of aryl methyl sites for hydroxylation is 1. The highest BCUT2D eigenvalue weighted by atomic mass is 19.1. The molecule has 0 amide bonds. The Hall–Kier alpha value is -2.76. The molecule has 1 aromatic heterocycles. The lowest BCUT2D eigenvalue weighted by atomic mass is 10.1. The monoisotopic (exact) mass is 297 g/mol. The molecule has 0 aliphatic rings. The number of nitrogens with one attached hydrogen (secondary N) is 1. The van der Waals surface area contributed by atoms with Gasteiger partial charge in [0.15, 0.2) is 0 Å². The fraction of sp³-hybridized carbons (Fsp3) is 0.188. The van der Waals surface area contributed by atoms with Crippen molar-refractivity contribution in [2.45, 2.75) is 19.9 Å². The van der Waals surface area contributed by atoms with E-state index >= 15 is 0 Å². The van der Waals surface area contributed by atoms with Gasteiger partial charge >= 0.3 is 0 Å². The van der Waals surface area contributed by atoms with Gasteiger partial charge in [-0.25, -0.2) is 9.07 Å². The zero-order valence-electron chi connectivity index (χ0n) is 12.4. The van der Waals surface area contributed by atoms with Crippen molar-refractivity contribution in [2.75, 3.05) is 5.32 Å². The minimum Gasteiger partial charge on any atom is -0.378 e. The van der Waals surface area contributed by atoms with Crippen LogP contribution in [0.15, 0.2) is 48.8 Å². The molecule has 0 aliphatic carbocycles. The van der Waals surface area contributed by atoms with E-state index in [9.17, 15) is 4.39 Å². The summed E-state index contributed by atoms with van der Waals surface area (Å²) in [6, 6.07) is 12.8. The maximum atomic E-state index is 13.2. The topological polar surface area (TPSA) is 55.6 Å². The van der Waals surface area contributed by atoms with E-state index in [1.807, 2.05) is 31.2 Å². The van der Waals surface area contributed by atoms with Crippen molar-refractivity contribution in [3.05, 3.63) is 65.7 Å². The summed E-state index contributed by atoms with van der Waals surface area (Å²) in [7, 11) is 0. The SMILES string of the molecule is Cc1cc(F)ccc1NC(C)c1cccc(-n2cnnn2)c1. The van der Waals surface area contributed by atoms with Crippen LogP contribution in [0.5, 0.6) is 0 Å². The Balaban J connectivity index is 1.83. The van der Waals surface area contributed by atoms with E-state index in [0.29, 0.717) is 0 Å². The Kier molecular flexibility index (Phi) is 3.82. The molecule has 0 aliphatic heterocycles. The van der Waals surface area contributed by atoms with Crippen LogP contribution in [0.3, 0.4) is 0 Å². The van der Waals surface area contributed by atoms with Crippen molar-refractivity contribution < 1.29 is 4.39 Å². The summed E-state index contributed by atoms with van der Waals surface area (Å²) in [5.74, 6) is -0.226. The second-order valence-corrected chi connectivity index (χ2v) is 5.17. The van der Waals surface area contributed by atoms with E-state index in [0.717, 1.165) is 22.5 Å². The summed E-state index contributed by atoms with van der Waals surface area (Å²) in [5, 5.41) is 14.6. The fourth-order valence-corrected chi connectivity index (χ4v) is 2.32. The van der Waals surface area contributed by atoms with E-state index in [4.69, 9.17) is 0 Å². The molecule has 22 heavy (non-hydrogen) atoms. The van der Waals surface area contributed by atoms with Gasteiger partial charge in [-0.05, 0) is 65.7 Å². The van der Waals surface area contributed by atoms with Crippen molar-refractivity contribution in [3.8, 4) is 5.69 Å². The molecule has 0 spiro atoms. The standard InChI is InChI=1S/C16H16FN5/c1-11-8-14(17)6-7-16(11)19-12(2)13-4-3-5-15(9-13)22-10-18-20-21-22/h3-10,12,19H,1-2H3. The van der Waals surface area contributed by atoms with Crippen molar-refractivity contribution in [2.24, 2.45) is 0 Å². The number of benzene rings is 2. The molecule has 3 aromatic rings. The highest BCUT2D eigenvalue weighted by Gasteiger charge is 2.09. The first-order valence-corrected chi connectivity index (χ1v) is 6.99. The van der Waals surface area contributed by atoms with Crippen LogP contribution in [0.4, 0.5) is 10.1 Å². The lowest BCUT2D eigenvalue weighted by Crippen LogP contribution is -2.08. The maximum absolute atomic E-state index is 13.2. The number of aromatic nitrogens is 4. The molecule has 1 heterocycles. The summed E-state index contributed by atoms with van der Waals surface area (Å²) in [4.78, 5) is 0. The normalized spacial score (nSPS) is 12.1. The van der Waals surface area contributed by atoms with Crippen molar-refractivity contribution >= 4 is 5.69 Å². The third-order valence-corrected chi connectivity index (χ3v) is 3.54. The van der Waals surface area contributed by atoms with Crippen LogP contribution in [0.2, 0.25) is 0 Å². The van der Waals surface area contributed by atoms with Crippen LogP contribution in [0.1, 0.15) is 24.1 Å². The molecular formula is C16H16FN5. The number of rotatable bonds is 4. The van der Waals surface area contributed by atoms with Crippen molar-refractivity contribution in [1.29, 1.82) is 0 Å². The highest BCUT2D eigenvalue weighted by molar-refractivity contribution is 5.52. The first-order chi connectivity index (χ1) is 10.6. The van der Waals surface area contributed by atoms with Gasteiger partial charge in [0.2, 0.25) is 0 Å². The molecule has 1 unspecified atom stereocenters. The Morgan fingerprint density at radius 1 is 1.18 bits per heavy atom. The number of tetrazole rings is 1. The van der Waals surface area contributed by atoms with Gasteiger partial charge in [-0.3, -0.25) is 0 Å². The predicted octanol–water partition coefficient (Wildman–Crippen LogP) is 3.28. The predicted molar refractivity (Wildman–Crippen MR) is 82.3 cm³/mol. The number of halogens is 1. The van der Waals surface area contributed by atoms with E-state index in [2.05, 4.69) is 27.8 Å². The molecule has 0 fully saturated rings. The van der Waals surface area contributed by atoms with Crippen molar-refractivity contribution in [3.63, 3.8) is 0 Å². The van der Waals surface area contributed by atoms with Gasteiger partial charge in [0.25, 0.3) is 0 Å². The minimum absolute atomic E-state index is 0.0700. The third kappa shape index (κ3) is 2.95. The zero-order valence-corrected chi connectivity index (χ0v) is 12.4. The molecule has 0 saturated carbocycles. The fourth-order valence-electron chi connectivity index (χ4n) is 2.32. The largest absolute Gasteiger partial charge is 0.378 e. The van der Waals surface area contributed by atoms with Crippen LogP contribution in [0, 0.1) is 12.7 Å². The Morgan fingerprint density at radius 3 is 2.77 bits per heavy atom. The molecule has 1 atom stereocenters. The van der Waals surface area contributed by atoms with Crippen LogP contribution < -0.4 is 5.32 Å². The van der Waals surface area contributed by atoms with Crippen LogP contribution in [-0.2, 0) is 0 Å². The van der Waals surface area contributed by atoms with E-state index < -0.39 is 0 Å². The summed E-state index contributed by atoms with van der Waals surface area (Å²) in [5.41, 5.74) is 3.79. The lowest BCUT2D eigenvalue weighted by Gasteiger charge is -2.18. The molecule has 0 saturated heterocycles. The van der Waals surface area contributed by atoms with Gasteiger partial charge in [-0.2, -0.15) is 0 Å². The Morgan fingerprint density at radius 2 is 2.05 bits per heavy atom. The van der Waals surface area contributed by atoms with Gasteiger partial charge in [0.1, 0.15) is 12.1 Å². The third-order valence-electron chi connectivity index (χ3n) is 3.54. The molecule has 112 valence electrons. The second kappa shape index (κ2) is 5.93. The van der Waals surface area contributed by atoms with Gasteiger partial charge in [0.05, 0.1) is 5.69 Å². The highest BCUT2D eigenvalue weighted by Crippen LogP contribution is 2.23. The molecule has 1 N–H and O–H groups in total. The van der Waals surface area contributed by atoms with Crippen LogP contribution in [-0.4, -0.2) is 20.2 Å². The summed E-state index contributed by atoms with van der Waals surface area (Å²) in [6.45, 7) is 3.94. The molecular weight excluding hydrogens is 281 g/mol. The zero-order chi connectivity index (χ0) is 15.5. The summed E-state index contributed by atoms with van der Waals surface area (Å²) >= 11 is 0. The number of hydrogen-bond donors (Lipinski definition) is 1. The van der Waals surface area contributed by atoms with Gasteiger partial charge in [-0.15, -0.1) is 5.10 Å². The Labute approximate surface area is 127 Å². The molecule has 2 aromatic carbocycles.